The van der Waals surface area contributed by atoms with E-state index in [1.165, 1.54) is 6.07 Å². The first kappa shape index (κ1) is 9.54. The van der Waals surface area contributed by atoms with Crippen molar-refractivity contribution in [2.45, 2.75) is 0 Å². The van der Waals surface area contributed by atoms with Crippen LogP contribution in [0.2, 0.25) is 0 Å². The Labute approximate surface area is 76.6 Å². The number of aromatic hydroxyl groups is 1. The van der Waals surface area contributed by atoms with Crippen LogP contribution >= 0.6 is 0 Å². The van der Waals surface area contributed by atoms with Gasteiger partial charge in [0.2, 0.25) is 0 Å². The van der Waals surface area contributed by atoms with Gasteiger partial charge in [0.05, 0.1) is 12.2 Å². The Hall–Kier alpha value is -1.55. The summed E-state index contributed by atoms with van der Waals surface area (Å²) in [5.41, 5.74) is 0.290. The van der Waals surface area contributed by atoms with Crippen LogP contribution in [0.1, 0.15) is 10.4 Å². The Kier molecular flexibility index (Phi) is 3.28. The number of carbonyl (C=O) groups excluding carboxylic acids is 1. The Morgan fingerprint density at radius 3 is 2.77 bits per heavy atom. The molecule has 0 aliphatic carbocycles. The van der Waals surface area contributed by atoms with Crippen LogP contribution in [-0.4, -0.2) is 24.7 Å². The largest absolute Gasteiger partial charge is 0.507 e. The SMILES string of the molecule is CNCNC(=O)c1ccccc1O. The zero-order chi connectivity index (χ0) is 9.68. The summed E-state index contributed by atoms with van der Waals surface area (Å²) in [6.07, 6.45) is 0. The highest BCUT2D eigenvalue weighted by atomic mass is 16.3. The maximum atomic E-state index is 11.3. The van der Waals surface area contributed by atoms with Crippen molar-refractivity contribution in [3.8, 4) is 5.75 Å². The van der Waals surface area contributed by atoms with Crippen molar-refractivity contribution in [1.82, 2.24) is 10.6 Å². The van der Waals surface area contributed by atoms with Gasteiger partial charge in [0.15, 0.2) is 0 Å². The molecule has 0 aliphatic rings. The summed E-state index contributed by atoms with van der Waals surface area (Å²) < 4.78 is 0. The molecule has 0 bridgehead atoms. The zero-order valence-electron chi connectivity index (χ0n) is 7.37. The Morgan fingerprint density at radius 2 is 2.15 bits per heavy atom. The van der Waals surface area contributed by atoms with E-state index in [4.69, 9.17) is 0 Å². The Bertz CT molecular complexity index is 299. The van der Waals surface area contributed by atoms with E-state index in [0.29, 0.717) is 6.67 Å². The van der Waals surface area contributed by atoms with Gasteiger partial charge in [0.25, 0.3) is 5.91 Å². The van der Waals surface area contributed by atoms with Crippen molar-refractivity contribution >= 4 is 5.91 Å². The molecule has 4 nitrogen and oxygen atoms in total. The topological polar surface area (TPSA) is 61.4 Å². The molecule has 1 rings (SSSR count). The fourth-order valence-electron chi connectivity index (χ4n) is 0.930. The molecule has 1 amide bonds. The summed E-state index contributed by atoms with van der Waals surface area (Å²) in [6, 6.07) is 6.42. The van der Waals surface area contributed by atoms with E-state index in [2.05, 4.69) is 10.6 Å². The van der Waals surface area contributed by atoms with E-state index >= 15 is 0 Å². The van der Waals surface area contributed by atoms with Gasteiger partial charge >= 0.3 is 0 Å². The molecule has 70 valence electrons. The number of carbonyl (C=O) groups is 1. The summed E-state index contributed by atoms with van der Waals surface area (Å²) in [4.78, 5) is 11.3. The number of benzene rings is 1. The van der Waals surface area contributed by atoms with E-state index in [0.717, 1.165) is 0 Å². The van der Waals surface area contributed by atoms with Crippen molar-refractivity contribution < 1.29 is 9.90 Å². The molecule has 3 N–H and O–H groups in total. The molecule has 0 spiro atoms. The standard InChI is InChI=1S/C9H12N2O2/c1-10-6-11-9(13)7-4-2-3-5-8(7)12/h2-5,10,12H,6H2,1H3,(H,11,13). The fraction of sp³-hybridized carbons (Fsp3) is 0.222. The normalized spacial score (nSPS) is 9.62. The third-order valence-corrected chi connectivity index (χ3v) is 1.57. The van der Waals surface area contributed by atoms with Gasteiger partial charge in [0.1, 0.15) is 5.75 Å². The number of phenols is 1. The molecule has 0 fully saturated rings. The number of rotatable bonds is 3. The molecule has 0 aromatic heterocycles. The van der Waals surface area contributed by atoms with Gasteiger partial charge in [-0.25, -0.2) is 0 Å². The second kappa shape index (κ2) is 4.47. The third-order valence-electron chi connectivity index (χ3n) is 1.57. The van der Waals surface area contributed by atoms with Crippen LogP contribution < -0.4 is 10.6 Å². The maximum Gasteiger partial charge on any atom is 0.256 e. The molecule has 1 aromatic rings. The van der Waals surface area contributed by atoms with Crippen LogP contribution in [0.4, 0.5) is 0 Å². The van der Waals surface area contributed by atoms with Crippen molar-refractivity contribution in [1.29, 1.82) is 0 Å². The highest BCUT2D eigenvalue weighted by molar-refractivity contribution is 5.96. The highest BCUT2D eigenvalue weighted by Gasteiger charge is 2.07. The van der Waals surface area contributed by atoms with E-state index in [-0.39, 0.29) is 17.2 Å². The number of nitrogens with one attached hydrogen (secondary N) is 2. The van der Waals surface area contributed by atoms with E-state index in [1.807, 2.05) is 0 Å². The van der Waals surface area contributed by atoms with Gasteiger partial charge < -0.3 is 15.7 Å². The molecule has 0 unspecified atom stereocenters. The van der Waals surface area contributed by atoms with Gasteiger partial charge in [-0.1, -0.05) is 12.1 Å². The van der Waals surface area contributed by atoms with Crippen molar-refractivity contribution in [3.63, 3.8) is 0 Å². The Morgan fingerprint density at radius 1 is 1.46 bits per heavy atom. The van der Waals surface area contributed by atoms with Gasteiger partial charge in [-0.15, -0.1) is 0 Å². The quantitative estimate of drug-likeness (QED) is 0.586. The molecule has 0 radical (unpaired) electrons. The van der Waals surface area contributed by atoms with E-state index < -0.39 is 0 Å². The summed E-state index contributed by atoms with van der Waals surface area (Å²) in [5.74, 6) is -0.288. The highest BCUT2D eigenvalue weighted by Crippen LogP contribution is 2.14. The van der Waals surface area contributed by atoms with Crippen LogP contribution in [0, 0.1) is 0 Å². The Balaban J connectivity index is 2.71. The first-order chi connectivity index (χ1) is 6.25. The summed E-state index contributed by atoms with van der Waals surface area (Å²) in [5, 5.41) is 14.7. The smallest absolute Gasteiger partial charge is 0.256 e. The molecule has 0 atom stereocenters. The summed E-state index contributed by atoms with van der Waals surface area (Å²) in [7, 11) is 1.73. The van der Waals surface area contributed by atoms with Gasteiger partial charge in [0, 0.05) is 0 Å². The number of hydrogen-bond acceptors (Lipinski definition) is 3. The number of hydrogen-bond donors (Lipinski definition) is 3. The zero-order valence-corrected chi connectivity index (χ0v) is 7.37. The van der Waals surface area contributed by atoms with Crippen LogP contribution in [-0.2, 0) is 0 Å². The molecule has 0 saturated carbocycles. The molecule has 4 heteroatoms. The number of amides is 1. The van der Waals surface area contributed by atoms with Gasteiger partial charge in [-0.05, 0) is 19.2 Å². The molecule has 13 heavy (non-hydrogen) atoms. The number of phenolic OH excluding ortho intramolecular Hbond substituents is 1. The lowest BCUT2D eigenvalue weighted by molar-refractivity contribution is 0.0949. The number of para-hydroxylation sites is 1. The monoisotopic (exact) mass is 180 g/mol. The first-order valence-corrected chi connectivity index (χ1v) is 3.96. The summed E-state index contributed by atoms with van der Waals surface area (Å²) >= 11 is 0. The minimum atomic E-state index is -0.285. The second-order valence-corrected chi connectivity index (χ2v) is 2.55. The average Bonchev–Trinajstić information content (AvgIpc) is 2.15. The predicted octanol–water partition coefficient (Wildman–Crippen LogP) is 0.299. The fourth-order valence-corrected chi connectivity index (χ4v) is 0.930. The first-order valence-electron chi connectivity index (χ1n) is 3.96. The molecule has 0 saturated heterocycles. The van der Waals surface area contributed by atoms with Crippen LogP contribution in [0.25, 0.3) is 0 Å². The maximum absolute atomic E-state index is 11.3. The minimum absolute atomic E-state index is 0.00361. The lowest BCUT2D eigenvalue weighted by atomic mass is 10.2. The van der Waals surface area contributed by atoms with Crippen molar-refractivity contribution in [2.75, 3.05) is 13.7 Å². The molecular weight excluding hydrogens is 168 g/mol. The van der Waals surface area contributed by atoms with Crippen LogP contribution in [0.3, 0.4) is 0 Å². The predicted molar refractivity (Wildman–Crippen MR) is 49.5 cm³/mol. The van der Waals surface area contributed by atoms with Gasteiger partial charge in [-0.3, -0.25) is 4.79 Å². The molecular formula is C9H12N2O2. The van der Waals surface area contributed by atoms with E-state index in [9.17, 15) is 9.90 Å². The summed E-state index contributed by atoms with van der Waals surface area (Å²) in [6.45, 7) is 0.382. The second-order valence-electron chi connectivity index (χ2n) is 2.55. The molecule has 1 aromatic carbocycles. The van der Waals surface area contributed by atoms with Gasteiger partial charge in [-0.2, -0.15) is 0 Å². The molecule has 0 heterocycles. The molecule has 0 aliphatic heterocycles. The minimum Gasteiger partial charge on any atom is -0.507 e. The van der Waals surface area contributed by atoms with Crippen LogP contribution in [0.15, 0.2) is 24.3 Å². The third kappa shape index (κ3) is 2.45. The van der Waals surface area contributed by atoms with Crippen LogP contribution in [0.5, 0.6) is 5.75 Å². The lowest BCUT2D eigenvalue weighted by Crippen LogP contribution is -2.31. The lowest BCUT2D eigenvalue weighted by Gasteiger charge is -2.04. The van der Waals surface area contributed by atoms with E-state index in [1.54, 1.807) is 25.2 Å². The average molecular weight is 180 g/mol. The van der Waals surface area contributed by atoms with Crippen molar-refractivity contribution in [3.05, 3.63) is 29.8 Å². The van der Waals surface area contributed by atoms with Crippen molar-refractivity contribution in [2.24, 2.45) is 0 Å².